The number of carbonyl (C=O) groups is 2. The van der Waals surface area contributed by atoms with Crippen molar-refractivity contribution in [1.82, 2.24) is 0 Å². The van der Waals surface area contributed by atoms with Crippen molar-refractivity contribution in [2.75, 3.05) is 5.32 Å². The van der Waals surface area contributed by atoms with Crippen molar-refractivity contribution in [3.63, 3.8) is 0 Å². The van der Waals surface area contributed by atoms with Crippen LogP contribution in [0.3, 0.4) is 0 Å². The maximum atomic E-state index is 12.4. The lowest BCUT2D eigenvalue weighted by atomic mass is 10.1. The largest absolute Gasteiger partial charge is 0.481 e. The summed E-state index contributed by atoms with van der Waals surface area (Å²) in [6.45, 7) is 0. The molecule has 7 heteroatoms. The molecule has 30 heavy (non-hydrogen) atoms. The molecule has 0 fully saturated rings. The van der Waals surface area contributed by atoms with Crippen LogP contribution in [-0.2, 0) is 11.2 Å². The molecule has 1 aromatic heterocycles. The standard InChI is InChI=1S/C23H16ClNO5/c24-18-11-14(12-22(26)27)5-10-20(18)29-17-8-6-16(7-9-17)25-23(28)21-13-15-3-1-2-4-19(15)30-21/h1-11,13H,12H2,(H,25,28)(H,26,27). The average molecular weight is 422 g/mol. The molecule has 3 aromatic carbocycles. The van der Waals surface area contributed by atoms with E-state index in [1.165, 1.54) is 0 Å². The summed E-state index contributed by atoms with van der Waals surface area (Å²) in [5.74, 6) is -0.129. The van der Waals surface area contributed by atoms with Crippen LogP contribution in [0.4, 0.5) is 5.69 Å². The SMILES string of the molecule is O=C(O)Cc1ccc(Oc2ccc(NC(=O)c3cc4ccccc4o3)cc2)c(Cl)c1. The Bertz CT molecular complexity index is 1200. The van der Waals surface area contributed by atoms with Crippen LogP contribution in [-0.4, -0.2) is 17.0 Å². The predicted molar refractivity (Wildman–Crippen MR) is 113 cm³/mol. The Morgan fingerprint density at radius 3 is 2.47 bits per heavy atom. The number of carboxylic acids is 1. The van der Waals surface area contributed by atoms with Crippen LogP contribution in [0.15, 0.2) is 77.2 Å². The molecule has 4 aromatic rings. The number of furan rings is 1. The Morgan fingerprint density at radius 2 is 1.77 bits per heavy atom. The van der Waals surface area contributed by atoms with Crippen LogP contribution in [0.5, 0.6) is 11.5 Å². The number of rotatable bonds is 6. The van der Waals surface area contributed by atoms with Gasteiger partial charge in [-0.05, 0) is 54.1 Å². The van der Waals surface area contributed by atoms with Gasteiger partial charge < -0.3 is 19.6 Å². The van der Waals surface area contributed by atoms with E-state index in [0.717, 1.165) is 5.39 Å². The topological polar surface area (TPSA) is 88.8 Å². The number of carboxylic acid groups (broad SMARTS) is 1. The summed E-state index contributed by atoms with van der Waals surface area (Å²) in [6, 6.07) is 20.7. The van der Waals surface area contributed by atoms with E-state index in [2.05, 4.69) is 5.32 Å². The zero-order valence-electron chi connectivity index (χ0n) is 15.6. The number of fused-ring (bicyclic) bond motifs is 1. The van der Waals surface area contributed by atoms with Gasteiger partial charge in [0.15, 0.2) is 5.76 Å². The molecule has 0 spiro atoms. The number of carbonyl (C=O) groups excluding carboxylic acids is 1. The third kappa shape index (κ3) is 4.45. The summed E-state index contributed by atoms with van der Waals surface area (Å²) in [5.41, 5.74) is 1.82. The minimum atomic E-state index is -0.931. The van der Waals surface area contributed by atoms with Crippen LogP contribution in [0.2, 0.25) is 5.02 Å². The Balaban J connectivity index is 1.42. The highest BCUT2D eigenvalue weighted by molar-refractivity contribution is 6.32. The number of para-hydroxylation sites is 1. The van der Waals surface area contributed by atoms with Gasteiger partial charge >= 0.3 is 5.97 Å². The van der Waals surface area contributed by atoms with Gasteiger partial charge in [0, 0.05) is 11.1 Å². The van der Waals surface area contributed by atoms with Crippen LogP contribution < -0.4 is 10.1 Å². The van der Waals surface area contributed by atoms with E-state index in [-0.39, 0.29) is 18.1 Å². The lowest BCUT2D eigenvalue weighted by molar-refractivity contribution is -0.136. The smallest absolute Gasteiger partial charge is 0.307 e. The van der Waals surface area contributed by atoms with E-state index >= 15 is 0 Å². The number of nitrogens with one attached hydrogen (secondary N) is 1. The average Bonchev–Trinajstić information content (AvgIpc) is 3.15. The third-order valence-corrected chi connectivity index (χ3v) is 4.64. The first-order chi connectivity index (χ1) is 14.5. The van der Waals surface area contributed by atoms with Crippen molar-refractivity contribution in [1.29, 1.82) is 0 Å². The van der Waals surface area contributed by atoms with Crippen LogP contribution in [0, 0.1) is 0 Å². The molecule has 0 unspecified atom stereocenters. The highest BCUT2D eigenvalue weighted by atomic mass is 35.5. The third-order valence-electron chi connectivity index (χ3n) is 4.34. The molecule has 0 saturated carbocycles. The molecule has 0 saturated heterocycles. The van der Waals surface area contributed by atoms with E-state index in [4.69, 9.17) is 25.9 Å². The molecule has 2 N–H and O–H groups in total. The molecule has 4 rings (SSSR count). The first-order valence-corrected chi connectivity index (χ1v) is 9.44. The second-order valence-corrected chi connectivity index (χ2v) is 6.97. The number of aliphatic carboxylic acids is 1. The molecular formula is C23H16ClNO5. The molecule has 0 radical (unpaired) electrons. The summed E-state index contributed by atoms with van der Waals surface area (Å²) < 4.78 is 11.3. The van der Waals surface area contributed by atoms with Crippen molar-refractivity contribution >= 4 is 40.1 Å². The maximum Gasteiger partial charge on any atom is 0.307 e. The van der Waals surface area contributed by atoms with Crippen LogP contribution >= 0.6 is 11.6 Å². The zero-order valence-corrected chi connectivity index (χ0v) is 16.3. The molecular weight excluding hydrogens is 406 g/mol. The Kier molecular flexibility index (Phi) is 5.41. The number of benzene rings is 3. The van der Waals surface area contributed by atoms with Crippen molar-refractivity contribution < 1.29 is 23.8 Å². The van der Waals surface area contributed by atoms with Gasteiger partial charge in [0.05, 0.1) is 11.4 Å². The normalized spacial score (nSPS) is 10.7. The molecule has 0 aliphatic heterocycles. The van der Waals surface area contributed by atoms with Crippen molar-refractivity contribution in [3.8, 4) is 11.5 Å². The number of halogens is 1. The van der Waals surface area contributed by atoms with E-state index in [0.29, 0.717) is 33.4 Å². The Morgan fingerprint density at radius 1 is 1.00 bits per heavy atom. The predicted octanol–water partition coefficient (Wildman–Crippen LogP) is 5.76. The molecule has 0 atom stereocenters. The van der Waals surface area contributed by atoms with E-state index in [1.807, 2.05) is 18.2 Å². The molecule has 1 heterocycles. The second kappa shape index (κ2) is 8.31. The van der Waals surface area contributed by atoms with Gasteiger partial charge in [-0.1, -0.05) is 35.9 Å². The summed E-state index contributed by atoms with van der Waals surface area (Å²) in [6.07, 6.45) is -0.111. The quantitative estimate of drug-likeness (QED) is 0.413. The number of hydrogen-bond donors (Lipinski definition) is 2. The van der Waals surface area contributed by atoms with Gasteiger partial charge in [0.25, 0.3) is 5.91 Å². The zero-order chi connectivity index (χ0) is 21.1. The summed E-state index contributed by atoms with van der Waals surface area (Å²) in [7, 11) is 0. The monoisotopic (exact) mass is 421 g/mol. The van der Waals surface area contributed by atoms with Gasteiger partial charge in [-0.2, -0.15) is 0 Å². The van der Waals surface area contributed by atoms with Crippen molar-refractivity contribution in [2.45, 2.75) is 6.42 Å². The van der Waals surface area contributed by atoms with Crippen LogP contribution in [0.25, 0.3) is 11.0 Å². The lowest BCUT2D eigenvalue weighted by Crippen LogP contribution is -2.10. The molecule has 0 aliphatic carbocycles. The number of ether oxygens (including phenoxy) is 1. The van der Waals surface area contributed by atoms with Crippen LogP contribution in [0.1, 0.15) is 16.1 Å². The maximum absolute atomic E-state index is 12.4. The van der Waals surface area contributed by atoms with Gasteiger partial charge in [-0.15, -0.1) is 0 Å². The van der Waals surface area contributed by atoms with E-state index in [1.54, 1.807) is 54.6 Å². The van der Waals surface area contributed by atoms with E-state index in [9.17, 15) is 9.59 Å². The number of hydrogen-bond acceptors (Lipinski definition) is 4. The Labute approximate surface area is 176 Å². The first kappa shape index (κ1) is 19.5. The Hall–Kier alpha value is -3.77. The highest BCUT2D eigenvalue weighted by Gasteiger charge is 2.13. The van der Waals surface area contributed by atoms with Gasteiger partial charge in [-0.3, -0.25) is 9.59 Å². The van der Waals surface area contributed by atoms with Gasteiger partial charge in [0.1, 0.15) is 17.1 Å². The fourth-order valence-electron chi connectivity index (χ4n) is 2.93. The fraction of sp³-hybridized carbons (Fsp3) is 0.0435. The number of amides is 1. The van der Waals surface area contributed by atoms with Gasteiger partial charge in [0.2, 0.25) is 0 Å². The molecule has 1 amide bonds. The molecule has 0 aliphatic rings. The summed E-state index contributed by atoms with van der Waals surface area (Å²) in [4.78, 5) is 23.2. The van der Waals surface area contributed by atoms with Crippen molar-refractivity contribution in [2.24, 2.45) is 0 Å². The highest BCUT2D eigenvalue weighted by Crippen LogP contribution is 2.31. The fourth-order valence-corrected chi connectivity index (χ4v) is 3.17. The molecule has 150 valence electrons. The lowest BCUT2D eigenvalue weighted by Gasteiger charge is -2.10. The molecule has 0 bridgehead atoms. The van der Waals surface area contributed by atoms with Gasteiger partial charge in [-0.25, -0.2) is 0 Å². The number of anilines is 1. The second-order valence-electron chi connectivity index (χ2n) is 6.56. The minimum Gasteiger partial charge on any atom is -0.481 e. The van der Waals surface area contributed by atoms with E-state index < -0.39 is 5.97 Å². The minimum absolute atomic E-state index is 0.111. The van der Waals surface area contributed by atoms with Crippen molar-refractivity contribution in [3.05, 3.63) is 89.1 Å². The first-order valence-electron chi connectivity index (χ1n) is 9.06. The summed E-state index contributed by atoms with van der Waals surface area (Å²) >= 11 is 6.18. The molecule has 6 nitrogen and oxygen atoms in total. The summed E-state index contributed by atoms with van der Waals surface area (Å²) in [5, 5.41) is 12.8.